The van der Waals surface area contributed by atoms with Crippen molar-refractivity contribution < 1.29 is 29.0 Å². The summed E-state index contributed by atoms with van der Waals surface area (Å²) in [6, 6.07) is -1.27. The van der Waals surface area contributed by atoms with Crippen molar-refractivity contribution in [2.75, 3.05) is 59.2 Å². The van der Waals surface area contributed by atoms with Crippen LogP contribution in [-0.4, -0.2) is 118 Å². The number of aliphatic hydroxyl groups excluding tert-OH is 1. The molecule has 2 bridgehead atoms. The van der Waals surface area contributed by atoms with Crippen molar-refractivity contribution in [1.29, 1.82) is 0 Å². The number of allylic oxidation sites excluding steroid dienone is 1. The van der Waals surface area contributed by atoms with Gasteiger partial charge in [0.1, 0.15) is 6.04 Å². The van der Waals surface area contributed by atoms with Gasteiger partial charge in [-0.15, -0.1) is 24.9 Å². The van der Waals surface area contributed by atoms with Crippen molar-refractivity contribution in [1.82, 2.24) is 14.7 Å². The van der Waals surface area contributed by atoms with Gasteiger partial charge in [-0.3, -0.25) is 19.3 Å². The van der Waals surface area contributed by atoms with Gasteiger partial charge in [0.2, 0.25) is 11.8 Å². The Morgan fingerprint density at radius 2 is 1.98 bits per heavy atom. The summed E-state index contributed by atoms with van der Waals surface area (Å²) in [4.78, 5) is 48.7. The Morgan fingerprint density at radius 1 is 1.24 bits per heavy atom. The number of aliphatic hydroxyl groups is 1. The van der Waals surface area contributed by atoms with E-state index >= 15 is 0 Å². The second-order valence-electron chi connectivity index (χ2n) is 12.6. The predicted molar refractivity (Wildman–Crippen MR) is 165 cm³/mol. The van der Waals surface area contributed by atoms with Gasteiger partial charge >= 0.3 is 5.97 Å². The van der Waals surface area contributed by atoms with E-state index < -0.39 is 33.4 Å². The highest BCUT2D eigenvalue weighted by molar-refractivity contribution is 8.02. The maximum absolute atomic E-state index is 14.7. The van der Waals surface area contributed by atoms with Gasteiger partial charge in [0.15, 0.2) is 0 Å². The minimum Gasteiger partial charge on any atom is -0.465 e. The lowest BCUT2D eigenvalue weighted by atomic mass is 9.66. The molecule has 4 fully saturated rings. The van der Waals surface area contributed by atoms with Gasteiger partial charge < -0.3 is 24.4 Å². The molecule has 4 rings (SSSR count). The minimum atomic E-state index is -0.761. The van der Waals surface area contributed by atoms with E-state index in [1.807, 2.05) is 24.8 Å². The zero-order chi connectivity index (χ0) is 30.5. The first-order chi connectivity index (χ1) is 20.2. The first-order valence-electron chi connectivity index (χ1n) is 15.8. The van der Waals surface area contributed by atoms with Gasteiger partial charge in [-0.25, -0.2) is 0 Å². The number of hydrogen-bond donors (Lipinski definition) is 1. The molecule has 2 unspecified atom stereocenters. The van der Waals surface area contributed by atoms with Crippen LogP contribution in [0.15, 0.2) is 25.3 Å². The second-order valence-corrected chi connectivity index (χ2v) is 14.5. The molecule has 1 spiro atoms. The molecule has 42 heavy (non-hydrogen) atoms. The summed E-state index contributed by atoms with van der Waals surface area (Å²) in [5.41, 5.74) is 0. The molecule has 0 aromatic rings. The number of likely N-dealkylation sites (tertiary alicyclic amines) is 1. The fraction of sp³-hybridized carbons (Fsp3) is 0.781. The molecule has 0 saturated carbocycles. The lowest BCUT2D eigenvalue weighted by molar-refractivity contribution is -0.156. The molecule has 236 valence electrons. The van der Waals surface area contributed by atoms with E-state index in [0.717, 1.165) is 45.2 Å². The Kier molecular flexibility index (Phi) is 11.2. The molecule has 7 atom stereocenters. The zero-order valence-electron chi connectivity index (χ0n) is 25.8. The van der Waals surface area contributed by atoms with E-state index in [2.05, 4.69) is 25.0 Å². The highest BCUT2D eigenvalue weighted by atomic mass is 32.2. The predicted octanol–water partition coefficient (Wildman–Crippen LogP) is 3.12. The van der Waals surface area contributed by atoms with Gasteiger partial charge in [0.25, 0.3) is 0 Å². The summed E-state index contributed by atoms with van der Waals surface area (Å²) in [6.45, 7) is 18.4. The zero-order valence-corrected chi connectivity index (χ0v) is 26.6. The van der Waals surface area contributed by atoms with Crippen LogP contribution in [0.25, 0.3) is 0 Å². The number of unbranched alkanes of at least 4 members (excludes halogenated alkanes) is 2. The molecule has 4 heterocycles. The van der Waals surface area contributed by atoms with Gasteiger partial charge in [-0.2, -0.15) is 0 Å². The van der Waals surface area contributed by atoms with Gasteiger partial charge in [-0.05, 0) is 44.9 Å². The van der Waals surface area contributed by atoms with Crippen LogP contribution in [0.3, 0.4) is 0 Å². The number of carbonyl (C=O) groups excluding carboxylic acids is 3. The third-order valence-electron chi connectivity index (χ3n) is 10.0. The highest BCUT2D eigenvalue weighted by Gasteiger charge is 2.78. The largest absolute Gasteiger partial charge is 0.465 e. The SMILES string of the molecule is C=CCCCCOC(=O)[C@@H]1[C@H]2C(=O)N([C@@H](CO)[C@@H](C)CC)C(C(=O)N(CC=C)CCN3CCOCC3)C23CC[C@@]1(C)S3. The van der Waals surface area contributed by atoms with Gasteiger partial charge in [0, 0.05) is 37.5 Å². The lowest BCUT2D eigenvalue weighted by Crippen LogP contribution is -2.59. The average molecular weight is 606 g/mol. The van der Waals surface area contributed by atoms with E-state index in [1.54, 1.807) is 22.7 Å². The lowest BCUT2D eigenvalue weighted by Gasteiger charge is -2.41. The molecule has 2 amide bonds. The molecule has 4 saturated heterocycles. The molecular formula is C32H51N3O6S. The smallest absolute Gasteiger partial charge is 0.311 e. The summed E-state index contributed by atoms with van der Waals surface area (Å²) in [5, 5.41) is 10.6. The number of thioether (sulfide) groups is 1. The van der Waals surface area contributed by atoms with Crippen molar-refractivity contribution in [2.24, 2.45) is 17.8 Å². The van der Waals surface area contributed by atoms with Crippen LogP contribution in [0.5, 0.6) is 0 Å². The molecule has 0 aromatic heterocycles. The quantitative estimate of drug-likeness (QED) is 0.163. The number of esters is 1. The van der Waals surface area contributed by atoms with Crippen molar-refractivity contribution in [2.45, 2.75) is 80.9 Å². The number of morpholine rings is 1. The monoisotopic (exact) mass is 605 g/mol. The minimum absolute atomic E-state index is 0.0151. The summed E-state index contributed by atoms with van der Waals surface area (Å²) in [6.07, 6.45) is 8.24. The molecule has 4 aliphatic rings. The standard InChI is InChI=1S/C32H51N3O6S/c1-6-9-10-11-19-41-30(39)26-25-28(37)35(24(22-36)23(4)8-3)27(32(25)13-12-31(26,5)42-32)29(38)34(14-7-2)16-15-33-17-20-40-21-18-33/h6-7,23-27,36H,1-2,8-22H2,3-5H3/t23-,24-,25-,26-,27?,31+,32?/m0/s1. The first kappa shape index (κ1) is 33.0. The van der Waals surface area contributed by atoms with E-state index in [4.69, 9.17) is 9.47 Å². The van der Waals surface area contributed by atoms with E-state index in [1.165, 1.54) is 0 Å². The van der Waals surface area contributed by atoms with Crippen LogP contribution in [-0.2, 0) is 23.9 Å². The Bertz CT molecular complexity index is 1000. The summed E-state index contributed by atoms with van der Waals surface area (Å²) >= 11 is 1.65. The van der Waals surface area contributed by atoms with Crippen LogP contribution in [0.1, 0.15) is 59.3 Å². The third-order valence-corrected chi connectivity index (χ3v) is 12.0. The molecule has 0 radical (unpaired) electrons. The summed E-state index contributed by atoms with van der Waals surface area (Å²) in [7, 11) is 0. The van der Waals surface area contributed by atoms with Crippen LogP contribution >= 0.6 is 11.8 Å². The fourth-order valence-corrected chi connectivity index (χ4v) is 9.86. The number of ether oxygens (including phenoxy) is 2. The Hall–Kier alpha value is -1.88. The maximum atomic E-state index is 14.7. The first-order valence-corrected chi connectivity index (χ1v) is 16.6. The number of nitrogens with zero attached hydrogens (tertiary/aromatic N) is 3. The molecule has 0 aliphatic carbocycles. The molecule has 0 aromatic carbocycles. The van der Waals surface area contributed by atoms with E-state index in [9.17, 15) is 19.5 Å². The highest BCUT2D eigenvalue weighted by Crippen LogP contribution is 2.72. The van der Waals surface area contributed by atoms with Crippen LogP contribution in [0.2, 0.25) is 0 Å². The van der Waals surface area contributed by atoms with Crippen molar-refractivity contribution in [3.8, 4) is 0 Å². The van der Waals surface area contributed by atoms with Crippen molar-refractivity contribution in [3.63, 3.8) is 0 Å². The van der Waals surface area contributed by atoms with E-state index in [-0.39, 0.29) is 30.3 Å². The van der Waals surface area contributed by atoms with Crippen LogP contribution in [0.4, 0.5) is 0 Å². The number of carbonyl (C=O) groups is 3. The van der Waals surface area contributed by atoms with E-state index in [0.29, 0.717) is 45.9 Å². The van der Waals surface area contributed by atoms with Crippen molar-refractivity contribution in [3.05, 3.63) is 25.3 Å². The Balaban J connectivity index is 1.66. The van der Waals surface area contributed by atoms with Crippen LogP contribution < -0.4 is 0 Å². The van der Waals surface area contributed by atoms with Crippen molar-refractivity contribution >= 4 is 29.5 Å². The number of rotatable bonds is 16. The molecule has 9 nitrogen and oxygen atoms in total. The fourth-order valence-electron chi connectivity index (χ4n) is 7.53. The Morgan fingerprint density at radius 3 is 2.62 bits per heavy atom. The third kappa shape index (κ3) is 6.19. The number of amides is 2. The molecular weight excluding hydrogens is 554 g/mol. The van der Waals surface area contributed by atoms with Crippen LogP contribution in [0, 0.1) is 17.8 Å². The molecule has 10 heteroatoms. The van der Waals surface area contributed by atoms with Gasteiger partial charge in [-0.1, -0.05) is 32.4 Å². The average Bonchev–Trinajstić information content (AvgIpc) is 3.56. The molecule has 4 aliphatic heterocycles. The summed E-state index contributed by atoms with van der Waals surface area (Å²) in [5.74, 6) is -1.94. The number of hydrogen-bond acceptors (Lipinski definition) is 8. The second kappa shape index (κ2) is 14.3. The number of fused-ring (bicyclic) bond motifs is 1. The topological polar surface area (TPSA) is 99.6 Å². The normalized spacial score (nSPS) is 32.0. The summed E-state index contributed by atoms with van der Waals surface area (Å²) < 4.78 is 10.1. The van der Waals surface area contributed by atoms with Gasteiger partial charge in [0.05, 0.1) is 49.1 Å². The maximum Gasteiger partial charge on any atom is 0.311 e. The Labute approximate surface area is 256 Å². The molecule has 1 N–H and O–H groups in total.